The minimum atomic E-state index is -0.715. The smallest absolute Gasteiger partial charge is 0.338 e. The molecule has 0 unspecified atom stereocenters. The molecule has 1 aliphatic heterocycles. The number of carbonyl (C=O) groups excluding carboxylic acids is 1. The van der Waals surface area contributed by atoms with Crippen LogP contribution >= 0.6 is 11.3 Å². The molecule has 0 spiro atoms. The molecule has 0 N–H and O–H groups in total. The van der Waals surface area contributed by atoms with Gasteiger partial charge in [-0.25, -0.2) is 9.79 Å². The van der Waals surface area contributed by atoms with Crippen LogP contribution in [-0.4, -0.2) is 23.8 Å². The molecule has 0 aliphatic carbocycles. The van der Waals surface area contributed by atoms with Gasteiger partial charge in [0.25, 0.3) is 5.56 Å². The number of furan rings is 1. The molecule has 1 aliphatic rings. The van der Waals surface area contributed by atoms with E-state index in [1.807, 2.05) is 43.3 Å². The maximum atomic E-state index is 13.8. The number of carbonyl (C=O) groups is 1. The Morgan fingerprint density at radius 3 is 2.62 bits per heavy atom. The van der Waals surface area contributed by atoms with E-state index in [4.69, 9.17) is 13.9 Å². The van der Waals surface area contributed by atoms with Crippen LogP contribution in [0, 0.1) is 11.3 Å². The summed E-state index contributed by atoms with van der Waals surface area (Å²) in [5.41, 5.74) is 2.41. The summed E-state index contributed by atoms with van der Waals surface area (Å²) in [4.78, 5) is 31.9. The Morgan fingerprint density at radius 1 is 1.13 bits per heavy atom. The minimum absolute atomic E-state index is 0.200. The lowest BCUT2D eigenvalue weighted by molar-refractivity contribution is -0.139. The van der Waals surface area contributed by atoms with E-state index in [0.717, 1.165) is 5.56 Å². The molecule has 39 heavy (non-hydrogen) atoms. The largest absolute Gasteiger partial charge is 0.494 e. The maximum absolute atomic E-state index is 13.8. The van der Waals surface area contributed by atoms with Crippen molar-refractivity contribution in [2.24, 2.45) is 4.99 Å². The van der Waals surface area contributed by atoms with Crippen LogP contribution in [0.25, 0.3) is 17.4 Å². The molecule has 0 saturated heterocycles. The van der Waals surface area contributed by atoms with Gasteiger partial charge in [0, 0.05) is 11.6 Å². The summed E-state index contributed by atoms with van der Waals surface area (Å²) in [6.07, 6.45) is 1.65. The standard InChI is InChI=1S/C30H25N3O5S/c1-4-36-21-12-10-19(11-13-21)27-26(29(35)37-5-2)18(3)32-30-33(27)28(34)25(39-30)16-22-14-15-24(38-22)23-9-7-6-8-20(23)17-31/h6-16,27H,4-5H2,1-3H3/b25-16-/t27-/m1/s1. The average molecular weight is 540 g/mol. The predicted octanol–water partition coefficient (Wildman–Crippen LogP) is 4.33. The van der Waals surface area contributed by atoms with Crippen LogP contribution in [0.5, 0.6) is 5.75 Å². The predicted molar refractivity (Wildman–Crippen MR) is 147 cm³/mol. The van der Waals surface area contributed by atoms with Gasteiger partial charge in [0.2, 0.25) is 0 Å². The van der Waals surface area contributed by atoms with Gasteiger partial charge in [-0.15, -0.1) is 0 Å². The van der Waals surface area contributed by atoms with E-state index in [2.05, 4.69) is 11.1 Å². The zero-order valence-electron chi connectivity index (χ0n) is 21.6. The Labute approximate surface area is 228 Å². The first kappa shape index (κ1) is 25.9. The van der Waals surface area contributed by atoms with Gasteiger partial charge in [-0.2, -0.15) is 5.26 Å². The molecule has 0 bridgehead atoms. The molecular weight excluding hydrogens is 514 g/mol. The van der Waals surface area contributed by atoms with Crippen LogP contribution in [0.1, 0.15) is 43.7 Å². The fourth-order valence-corrected chi connectivity index (χ4v) is 5.55. The molecule has 0 radical (unpaired) electrons. The topological polar surface area (TPSA) is 107 Å². The second kappa shape index (κ2) is 11.0. The fraction of sp³-hybridized carbons (Fsp3) is 0.200. The number of allylic oxidation sites excluding steroid dienone is 1. The van der Waals surface area contributed by atoms with E-state index in [-0.39, 0.29) is 12.2 Å². The fourth-order valence-electron chi connectivity index (χ4n) is 4.52. The summed E-state index contributed by atoms with van der Waals surface area (Å²) in [6, 6.07) is 19.5. The number of ether oxygens (including phenoxy) is 2. The number of fused-ring (bicyclic) bond motifs is 1. The third-order valence-corrected chi connectivity index (χ3v) is 7.22. The van der Waals surface area contributed by atoms with Gasteiger partial charge in [0.1, 0.15) is 17.3 Å². The van der Waals surface area contributed by atoms with Crippen molar-refractivity contribution in [1.29, 1.82) is 5.26 Å². The van der Waals surface area contributed by atoms with Gasteiger partial charge in [-0.05, 0) is 62.7 Å². The minimum Gasteiger partial charge on any atom is -0.494 e. The van der Waals surface area contributed by atoms with Crippen LogP contribution < -0.4 is 19.6 Å². The lowest BCUT2D eigenvalue weighted by atomic mass is 9.96. The second-order valence-corrected chi connectivity index (χ2v) is 9.67. The van der Waals surface area contributed by atoms with Crippen molar-refractivity contribution in [3.8, 4) is 23.1 Å². The van der Waals surface area contributed by atoms with Crippen molar-refractivity contribution in [3.05, 3.63) is 109 Å². The number of thiazole rings is 1. The first-order valence-electron chi connectivity index (χ1n) is 12.5. The molecular formula is C30H25N3O5S. The Bertz CT molecular complexity index is 1800. The number of nitrogens with zero attached hydrogens (tertiary/aromatic N) is 3. The number of rotatable bonds is 7. The maximum Gasteiger partial charge on any atom is 0.338 e. The van der Waals surface area contributed by atoms with Crippen molar-refractivity contribution < 1.29 is 18.7 Å². The summed E-state index contributed by atoms with van der Waals surface area (Å²) in [7, 11) is 0. The highest BCUT2D eigenvalue weighted by Crippen LogP contribution is 2.32. The molecule has 2 aromatic heterocycles. The zero-order valence-corrected chi connectivity index (χ0v) is 22.5. The summed E-state index contributed by atoms with van der Waals surface area (Å²) < 4.78 is 18.8. The quantitative estimate of drug-likeness (QED) is 0.324. The van der Waals surface area contributed by atoms with E-state index in [1.54, 1.807) is 44.2 Å². The lowest BCUT2D eigenvalue weighted by Gasteiger charge is -2.24. The highest BCUT2D eigenvalue weighted by molar-refractivity contribution is 7.07. The van der Waals surface area contributed by atoms with E-state index < -0.39 is 12.0 Å². The van der Waals surface area contributed by atoms with E-state index >= 15 is 0 Å². The van der Waals surface area contributed by atoms with Crippen LogP contribution in [0.3, 0.4) is 0 Å². The Kier molecular flexibility index (Phi) is 7.30. The van der Waals surface area contributed by atoms with Gasteiger partial charge >= 0.3 is 5.97 Å². The van der Waals surface area contributed by atoms with Crippen molar-refractivity contribution in [3.63, 3.8) is 0 Å². The third-order valence-electron chi connectivity index (χ3n) is 6.24. The van der Waals surface area contributed by atoms with E-state index in [0.29, 0.717) is 55.6 Å². The Morgan fingerprint density at radius 2 is 1.90 bits per heavy atom. The lowest BCUT2D eigenvalue weighted by Crippen LogP contribution is -2.39. The van der Waals surface area contributed by atoms with Crippen LogP contribution in [-0.2, 0) is 9.53 Å². The number of hydrogen-bond donors (Lipinski definition) is 0. The third kappa shape index (κ3) is 4.94. The number of benzene rings is 2. The molecule has 2 aromatic carbocycles. The molecule has 8 nitrogen and oxygen atoms in total. The van der Waals surface area contributed by atoms with Gasteiger partial charge in [0.15, 0.2) is 4.80 Å². The molecule has 1 atom stereocenters. The SMILES string of the molecule is CCOC(=O)C1=C(C)N=c2s/c(=C\c3ccc(-c4ccccc4C#N)o3)c(=O)n2[C@@H]1c1ccc(OCC)cc1. The first-order chi connectivity index (χ1) is 18.9. The van der Waals surface area contributed by atoms with Crippen molar-refractivity contribution >= 4 is 23.4 Å². The molecule has 0 fully saturated rings. The molecule has 0 amide bonds. The Hall–Kier alpha value is -4.68. The van der Waals surface area contributed by atoms with Gasteiger partial charge < -0.3 is 13.9 Å². The Balaban J connectivity index is 1.62. The molecule has 0 saturated carbocycles. The van der Waals surface area contributed by atoms with Crippen LogP contribution in [0.15, 0.2) is 86.1 Å². The molecule has 3 heterocycles. The molecule has 4 aromatic rings. The summed E-state index contributed by atoms with van der Waals surface area (Å²) in [6.45, 7) is 6.11. The van der Waals surface area contributed by atoms with E-state index in [1.165, 1.54) is 15.9 Å². The number of aromatic nitrogens is 1. The molecule has 196 valence electrons. The number of nitriles is 1. The van der Waals surface area contributed by atoms with E-state index in [9.17, 15) is 14.9 Å². The monoisotopic (exact) mass is 539 g/mol. The van der Waals surface area contributed by atoms with Gasteiger partial charge in [0.05, 0.1) is 46.7 Å². The van der Waals surface area contributed by atoms with Crippen molar-refractivity contribution in [2.75, 3.05) is 13.2 Å². The second-order valence-electron chi connectivity index (χ2n) is 8.66. The normalized spacial score (nSPS) is 14.9. The molecule has 9 heteroatoms. The number of hydrogen-bond acceptors (Lipinski definition) is 8. The molecule has 5 rings (SSSR count). The summed E-state index contributed by atoms with van der Waals surface area (Å²) in [5.74, 6) is 1.17. The summed E-state index contributed by atoms with van der Waals surface area (Å²) in [5, 5.41) is 9.43. The van der Waals surface area contributed by atoms with Gasteiger partial charge in [-0.1, -0.05) is 35.6 Å². The first-order valence-corrected chi connectivity index (χ1v) is 13.3. The average Bonchev–Trinajstić information content (AvgIpc) is 3.53. The van der Waals surface area contributed by atoms with Crippen LogP contribution in [0.4, 0.5) is 0 Å². The highest BCUT2D eigenvalue weighted by atomic mass is 32.1. The number of esters is 1. The zero-order chi connectivity index (χ0) is 27.5. The summed E-state index contributed by atoms with van der Waals surface area (Å²) >= 11 is 1.21. The van der Waals surface area contributed by atoms with Crippen molar-refractivity contribution in [1.82, 2.24) is 4.57 Å². The van der Waals surface area contributed by atoms with Crippen molar-refractivity contribution in [2.45, 2.75) is 26.8 Å². The highest BCUT2D eigenvalue weighted by Gasteiger charge is 2.33. The van der Waals surface area contributed by atoms with Crippen LogP contribution in [0.2, 0.25) is 0 Å². The van der Waals surface area contributed by atoms with Gasteiger partial charge in [-0.3, -0.25) is 9.36 Å².